The van der Waals surface area contributed by atoms with Crippen molar-refractivity contribution in [3.05, 3.63) is 35.9 Å². The van der Waals surface area contributed by atoms with Gasteiger partial charge in [-0.2, -0.15) is 0 Å². The van der Waals surface area contributed by atoms with Gasteiger partial charge in [0.1, 0.15) is 0 Å². The zero-order valence-electron chi connectivity index (χ0n) is 17.4. The van der Waals surface area contributed by atoms with Crippen molar-refractivity contribution in [1.29, 1.82) is 0 Å². The maximum atomic E-state index is 12.1. The molecule has 1 saturated heterocycles. The lowest BCUT2D eigenvalue weighted by Gasteiger charge is -2.33. The minimum atomic E-state index is -0.0544. The highest BCUT2D eigenvalue weighted by atomic mass is 16.2. The van der Waals surface area contributed by atoms with Crippen LogP contribution in [-0.2, 0) is 6.42 Å². The van der Waals surface area contributed by atoms with Crippen LogP contribution in [0.15, 0.2) is 30.3 Å². The number of nitrogens with one attached hydrogen (secondary N) is 2. The van der Waals surface area contributed by atoms with Gasteiger partial charge in [-0.1, -0.05) is 36.8 Å². The topological polar surface area (TPSA) is 47.6 Å². The number of amides is 2. The van der Waals surface area contributed by atoms with E-state index in [1.165, 1.54) is 31.4 Å². The number of nitrogens with zero attached hydrogens (tertiary/aromatic N) is 2. The molecule has 5 nitrogen and oxygen atoms in total. The van der Waals surface area contributed by atoms with E-state index in [-0.39, 0.29) is 6.03 Å². The van der Waals surface area contributed by atoms with Crippen molar-refractivity contribution in [2.75, 3.05) is 40.3 Å². The third-order valence-electron chi connectivity index (χ3n) is 5.64. The van der Waals surface area contributed by atoms with Crippen molar-refractivity contribution >= 4 is 6.03 Å². The van der Waals surface area contributed by atoms with Gasteiger partial charge in [0.15, 0.2) is 0 Å². The van der Waals surface area contributed by atoms with Crippen LogP contribution >= 0.6 is 0 Å². The standard InChI is InChI=1S/C22H38N4O/c1-19-11-7-9-15-26(19)16-10-8-14-23-22(27)24-18-21(25(2)3)17-20-12-5-4-6-13-20/h4-6,12-13,19,21H,7-11,14-18H2,1-3H3,(H2,23,24,27). The van der Waals surface area contributed by atoms with Crippen molar-refractivity contribution in [3.63, 3.8) is 0 Å². The second kappa shape index (κ2) is 12.0. The lowest BCUT2D eigenvalue weighted by Crippen LogP contribution is -2.45. The Morgan fingerprint density at radius 2 is 1.96 bits per heavy atom. The SMILES string of the molecule is CC1CCCCN1CCCCNC(=O)NCC(Cc1ccccc1)N(C)C. The third kappa shape index (κ3) is 8.31. The smallest absolute Gasteiger partial charge is 0.314 e. The Morgan fingerprint density at radius 3 is 2.67 bits per heavy atom. The Kier molecular flexibility index (Phi) is 9.64. The van der Waals surface area contributed by atoms with Crippen LogP contribution in [0.2, 0.25) is 0 Å². The monoisotopic (exact) mass is 374 g/mol. The summed E-state index contributed by atoms with van der Waals surface area (Å²) in [5.41, 5.74) is 1.30. The van der Waals surface area contributed by atoms with Crippen LogP contribution in [0, 0.1) is 0 Å². The zero-order valence-corrected chi connectivity index (χ0v) is 17.4. The van der Waals surface area contributed by atoms with Crippen LogP contribution in [0.25, 0.3) is 0 Å². The van der Waals surface area contributed by atoms with E-state index < -0.39 is 0 Å². The molecule has 1 aromatic rings. The first kappa shape index (κ1) is 21.7. The van der Waals surface area contributed by atoms with E-state index in [1.807, 2.05) is 6.07 Å². The Bertz CT molecular complexity index is 534. The molecule has 2 rings (SSSR count). The van der Waals surface area contributed by atoms with Gasteiger partial charge < -0.3 is 20.4 Å². The predicted octanol–water partition coefficient (Wildman–Crippen LogP) is 3.11. The summed E-state index contributed by atoms with van der Waals surface area (Å²) in [6.07, 6.45) is 7.16. The Morgan fingerprint density at radius 1 is 1.19 bits per heavy atom. The number of carbonyl (C=O) groups is 1. The molecule has 0 spiro atoms. The summed E-state index contributed by atoms with van der Waals surface area (Å²) < 4.78 is 0. The summed E-state index contributed by atoms with van der Waals surface area (Å²) >= 11 is 0. The maximum Gasteiger partial charge on any atom is 0.314 e. The summed E-state index contributed by atoms with van der Waals surface area (Å²) in [4.78, 5) is 16.9. The lowest BCUT2D eigenvalue weighted by molar-refractivity contribution is 0.158. The molecule has 152 valence electrons. The quantitative estimate of drug-likeness (QED) is 0.619. The van der Waals surface area contributed by atoms with Crippen LogP contribution in [-0.4, -0.2) is 68.2 Å². The van der Waals surface area contributed by atoms with Crippen LogP contribution in [0.3, 0.4) is 0 Å². The molecule has 0 aromatic heterocycles. The molecule has 1 fully saturated rings. The van der Waals surface area contributed by atoms with E-state index in [9.17, 15) is 4.79 Å². The van der Waals surface area contributed by atoms with E-state index >= 15 is 0 Å². The zero-order chi connectivity index (χ0) is 19.5. The molecule has 1 aliphatic heterocycles. The average Bonchev–Trinajstić information content (AvgIpc) is 2.66. The van der Waals surface area contributed by atoms with Gasteiger partial charge in [0.2, 0.25) is 0 Å². The first-order valence-electron chi connectivity index (χ1n) is 10.5. The number of piperidine rings is 1. The van der Waals surface area contributed by atoms with Gasteiger partial charge in [-0.05, 0) is 71.8 Å². The van der Waals surface area contributed by atoms with Crippen LogP contribution in [0.1, 0.15) is 44.6 Å². The Hall–Kier alpha value is -1.59. The largest absolute Gasteiger partial charge is 0.338 e. The minimum absolute atomic E-state index is 0.0544. The maximum absolute atomic E-state index is 12.1. The van der Waals surface area contributed by atoms with E-state index in [2.05, 4.69) is 65.7 Å². The van der Waals surface area contributed by atoms with Crippen molar-refractivity contribution in [1.82, 2.24) is 20.4 Å². The number of likely N-dealkylation sites (N-methyl/N-ethyl adjacent to an activating group) is 1. The number of likely N-dealkylation sites (tertiary alicyclic amines) is 1. The molecule has 2 atom stereocenters. The summed E-state index contributed by atoms with van der Waals surface area (Å²) in [6, 6.07) is 11.4. The summed E-state index contributed by atoms with van der Waals surface area (Å²) in [7, 11) is 4.13. The van der Waals surface area contributed by atoms with Crippen LogP contribution in [0.4, 0.5) is 4.79 Å². The Labute approximate surface area is 165 Å². The Balaban J connectivity index is 1.58. The molecular formula is C22H38N4O. The highest BCUT2D eigenvalue weighted by molar-refractivity contribution is 5.73. The lowest BCUT2D eigenvalue weighted by atomic mass is 10.0. The van der Waals surface area contributed by atoms with Crippen molar-refractivity contribution in [3.8, 4) is 0 Å². The third-order valence-corrected chi connectivity index (χ3v) is 5.64. The molecule has 1 aliphatic rings. The molecule has 2 N–H and O–H groups in total. The van der Waals surface area contributed by atoms with Crippen molar-refractivity contribution < 1.29 is 4.79 Å². The first-order valence-corrected chi connectivity index (χ1v) is 10.5. The molecule has 0 bridgehead atoms. The molecule has 0 saturated carbocycles. The van der Waals surface area contributed by atoms with Gasteiger partial charge in [-0.25, -0.2) is 4.79 Å². The number of carbonyl (C=O) groups excluding carboxylic acids is 1. The highest BCUT2D eigenvalue weighted by Gasteiger charge is 2.17. The molecule has 1 aromatic carbocycles. The van der Waals surface area contributed by atoms with Crippen molar-refractivity contribution in [2.45, 2.75) is 57.5 Å². The molecular weight excluding hydrogens is 336 g/mol. The van der Waals surface area contributed by atoms with Crippen LogP contribution in [0.5, 0.6) is 0 Å². The molecule has 0 radical (unpaired) electrons. The number of urea groups is 1. The van der Waals surface area contributed by atoms with Gasteiger partial charge >= 0.3 is 6.03 Å². The first-order chi connectivity index (χ1) is 13.1. The second-order valence-corrected chi connectivity index (χ2v) is 8.03. The van der Waals surface area contributed by atoms with E-state index in [0.717, 1.165) is 38.4 Å². The van der Waals surface area contributed by atoms with Crippen LogP contribution < -0.4 is 10.6 Å². The van der Waals surface area contributed by atoms with Gasteiger partial charge in [0.25, 0.3) is 0 Å². The molecule has 1 heterocycles. The van der Waals surface area contributed by atoms with E-state index in [4.69, 9.17) is 0 Å². The summed E-state index contributed by atoms with van der Waals surface area (Å²) in [5, 5.41) is 6.03. The van der Waals surface area contributed by atoms with E-state index in [0.29, 0.717) is 12.6 Å². The fourth-order valence-electron chi connectivity index (χ4n) is 3.73. The molecule has 27 heavy (non-hydrogen) atoms. The predicted molar refractivity (Wildman–Crippen MR) is 113 cm³/mol. The molecule has 2 unspecified atom stereocenters. The summed E-state index contributed by atoms with van der Waals surface area (Å²) in [5.74, 6) is 0. The highest BCUT2D eigenvalue weighted by Crippen LogP contribution is 2.16. The normalized spacial score (nSPS) is 19.0. The number of hydrogen-bond acceptors (Lipinski definition) is 3. The molecule has 2 amide bonds. The second-order valence-electron chi connectivity index (χ2n) is 8.03. The number of unbranched alkanes of at least 4 members (excludes halogenated alkanes) is 1. The van der Waals surface area contributed by atoms with Gasteiger partial charge in [0, 0.05) is 25.2 Å². The van der Waals surface area contributed by atoms with E-state index in [1.54, 1.807) is 0 Å². The minimum Gasteiger partial charge on any atom is -0.338 e. The van der Waals surface area contributed by atoms with Gasteiger partial charge in [-0.15, -0.1) is 0 Å². The number of hydrogen-bond donors (Lipinski definition) is 2. The number of rotatable bonds is 10. The summed E-state index contributed by atoms with van der Waals surface area (Å²) in [6.45, 7) is 6.13. The fourth-order valence-corrected chi connectivity index (χ4v) is 3.73. The van der Waals surface area contributed by atoms with Gasteiger partial charge in [-0.3, -0.25) is 0 Å². The van der Waals surface area contributed by atoms with Crippen molar-refractivity contribution in [2.24, 2.45) is 0 Å². The number of benzene rings is 1. The molecule has 0 aliphatic carbocycles. The fraction of sp³-hybridized carbons (Fsp3) is 0.682. The van der Waals surface area contributed by atoms with Gasteiger partial charge in [0.05, 0.1) is 0 Å². The average molecular weight is 375 g/mol. The molecule has 5 heteroatoms.